The van der Waals surface area contributed by atoms with E-state index in [9.17, 15) is 4.79 Å². The molecule has 0 aliphatic carbocycles. The van der Waals surface area contributed by atoms with Crippen molar-refractivity contribution in [2.45, 2.75) is 0 Å². The smallest absolute Gasteiger partial charge is 0.187 e. The van der Waals surface area contributed by atoms with Gasteiger partial charge in [-0.25, -0.2) is 0 Å². The van der Waals surface area contributed by atoms with Crippen LogP contribution in [-0.4, -0.2) is 5.78 Å². The zero-order valence-electron chi connectivity index (χ0n) is 11.8. The Morgan fingerprint density at radius 2 is 1.64 bits per heavy atom. The molecule has 0 aliphatic heterocycles. The number of carbonyl (C=O) groups is 1. The average Bonchev–Trinajstić information content (AvgIpc) is 2.56. The number of anilines is 1. The topological polar surface area (TPSA) is 29.1 Å². The van der Waals surface area contributed by atoms with Crippen LogP contribution in [0.2, 0.25) is 0 Å². The van der Waals surface area contributed by atoms with Gasteiger partial charge in [0.25, 0.3) is 0 Å². The first-order chi connectivity index (χ1) is 10.7. The van der Waals surface area contributed by atoms with Gasteiger partial charge in [-0.1, -0.05) is 36.4 Å². The van der Waals surface area contributed by atoms with Crippen molar-refractivity contribution in [3.8, 4) is 0 Å². The molecule has 0 bridgehead atoms. The van der Waals surface area contributed by atoms with Gasteiger partial charge in [-0.15, -0.1) is 0 Å². The fourth-order valence-corrected chi connectivity index (χ4v) is 2.56. The van der Waals surface area contributed by atoms with Crippen LogP contribution in [0.25, 0.3) is 10.8 Å². The summed E-state index contributed by atoms with van der Waals surface area (Å²) in [5.74, 6) is -0.0104. The van der Waals surface area contributed by atoms with Crippen LogP contribution >= 0.6 is 22.6 Å². The lowest BCUT2D eigenvalue weighted by Gasteiger charge is -2.02. The molecule has 0 atom stereocenters. The highest BCUT2D eigenvalue weighted by atomic mass is 127. The van der Waals surface area contributed by atoms with E-state index in [0.717, 1.165) is 16.5 Å². The van der Waals surface area contributed by atoms with Gasteiger partial charge in [0.1, 0.15) is 0 Å². The number of hydrogen-bond donors (Lipinski definition) is 1. The van der Waals surface area contributed by atoms with Gasteiger partial charge in [0.15, 0.2) is 5.78 Å². The molecule has 3 rings (SSSR count). The second-order valence-electron chi connectivity index (χ2n) is 4.91. The highest BCUT2D eigenvalue weighted by Crippen LogP contribution is 2.16. The monoisotopic (exact) mass is 399 g/mol. The minimum absolute atomic E-state index is 0.0104. The maximum Gasteiger partial charge on any atom is 0.187 e. The summed E-state index contributed by atoms with van der Waals surface area (Å²) < 4.78 is 1.18. The first kappa shape index (κ1) is 14.8. The first-order valence-corrected chi connectivity index (χ1v) is 8.02. The molecule has 0 amide bonds. The summed E-state index contributed by atoms with van der Waals surface area (Å²) in [6.45, 7) is 0. The maximum atomic E-state index is 12.2. The number of ketones is 1. The Labute approximate surface area is 143 Å². The van der Waals surface area contributed by atoms with E-state index >= 15 is 0 Å². The molecule has 0 radical (unpaired) electrons. The van der Waals surface area contributed by atoms with Crippen molar-refractivity contribution in [2.75, 3.05) is 5.32 Å². The minimum Gasteiger partial charge on any atom is -0.362 e. The van der Waals surface area contributed by atoms with Crippen molar-refractivity contribution in [1.82, 2.24) is 0 Å². The largest absolute Gasteiger partial charge is 0.362 e. The number of benzene rings is 3. The third-order valence-corrected chi connectivity index (χ3v) is 4.08. The summed E-state index contributed by atoms with van der Waals surface area (Å²) >= 11 is 2.26. The molecule has 0 spiro atoms. The SMILES string of the molecule is O=C(C=CNc1ccc(I)cc1)c1ccc2ccccc2c1. The van der Waals surface area contributed by atoms with Gasteiger partial charge in [-0.3, -0.25) is 4.79 Å². The van der Waals surface area contributed by atoms with E-state index in [1.54, 1.807) is 12.3 Å². The van der Waals surface area contributed by atoms with Crippen LogP contribution in [0, 0.1) is 3.57 Å². The first-order valence-electron chi connectivity index (χ1n) is 6.94. The number of nitrogens with one attached hydrogen (secondary N) is 1. The van der Waals surface area contributed by atoms with Crippen molar-refractivity contribution in [1.29, 1.82) is 0 Å². The maximum absolute atomic E-state index is 12.2. The van der Waals surface area contributed by atoms with Crippen LogP contribution in [-0.2, 0) is 0 Å². The molecule has 0 aliphatic rings. The van der Waals surface area contributed by atoms with Gasteiger partial charge in [-0.2, -0.15) is 0 Å². The molecule has 0 fully saturated rings. The molecule has 0 saturated carbocycles. The fourth-order valence-electron chi connectivity index (χ4n) is 2.20. The van der Waals surface area contributed by atoms with E-state index in [1.165, 1.54) is 3.57 Å². The summed E-state index contributed by atoms with van der Waals surface area (Å²) in [4.78, 5) is 12.2. The Morgan fingerprint density at radius 3 is 2.41 bits per heavy atom. The molecule has 0 saturated heterocycles. The van der Waals surface area contributed by atoms with Gasteiger partial charge < -0.3 is 5.32 Å². The molecule has 0 heterocycles. The molecule has 2 nitrogen and oxygen atoms in total. The predicted octanol–water partition coefficient (Wildman–Crippen LogP) is 5.25. The zero-order chi connectivity index (χ0) is 15.4. The predicted molar refractivity (Wildman–Crippen MR) is 100 cm³/mol. The number of halogens is 1. The van der Waals surface area contributed by atoms with E-state index in [4.69, 9.17) is 0 Å². The highest BCUT2D eigenvalue weighted by molar-refractivity contribution is 14.1. The third kappa shape index (κ3) is 3.54. The summed E-state index contributed by atoms with van der Waals surface area (Å²) in [7, 11) is 0. The number of fused-ring (bicyclic) bond motifs is 1. The quantitative estimate of drug-likeness (QED) is 0.369. The summed E-state index contributed by atoms with van der Waals surface area (Å²) in [6, 6.07) is 21.8. The molecule has 3 aromatic rings. The Morgan fingerprint density at radius 1 is 0.909 bits per heavy atom. The molecule has 3 aromatic carbocycles. The van der Waals surface area contributed by atoms with E-state index in [0.29, 0.717) is 5.56 Å². The molecular weight excluding hydrogens is 385 g/mol. The van der Waals surface area contributed by atoms with Gasteiger partial charge in [0, 0.05) is 27.1 Å². The Bertz CT molecular complexity index is 837. The number of allylic oxidation sites excluding steroid dienone is 1. The van der Waals surface area contributed by atoms with Crippen LogP contribution in [0.15, 0.2) is 79.0 Å². The standard InChI is InChI=1S/C19H14INO/c20-17-7-9-18(10-8-17)21-12-11-19(22)16-6-5-14-3-1-2-4-15(14)13-16/h1-13,21H. The van der Waals surface area contributed by atoms with Crippen molar-refractivity contribution in [2.24, 2.45) is 0 Å². The Kier molecular flexibility index (Phi) is 4.53. The zero-order valence-corrected chi connectivity index (χ0v) is 13.9. The second kappa shape index (κ2) is 6.75. The number of rotatable bonds is 4. The van der Waals surface area contributed by atoms with Crippen LogP contribution in [0.1, 0.15) is 10.4 Å². The summed E-state index contributed by atoms with van der Waals surface area (Å²) in [6.07, 6.45) is 3.24. The third-order valence-electron chi connectivity index (χ3n) is 3.36. The highest BCUT2D eigenvalue weighted by Gasteiger charge is 2.02. The molecule has 108 valence electrons. The molecular formula is C19H14INO. The molecule has 0 aromatic heterocycles. The van der Waals surface area contributed by atoms with Crippen LogP contribution in [0.4, 0.5) is 5.69 Å². The van der Waals surface area contributed by atoms with Crippen LogP contribution in [0.5, 0.6) is 0 Å². The van der Waals surface area contributed by atoms with E-state index in [1.807, 2.05) is 66.7 Å². The van der Waals surface area contributed by atoms with Crippen molar-refractivity contribution in [3.63, 3.8) is 0 Å². The minimum atomic E-state index is -0.0104. The fraction of sp³-hybridized carbons (Fsp3) is 0. The second-order valence-corrected chi connectivity index (χ2v) is 6.16. The average molecular weight is 399 g/mol. The molecule has 22 heavy (non-hydrogen) atoms. The normalized spacial score (nSPS) is 11.0. The lowest BCUT2D eigenvalue weighted by Crippen LogP contribution is -1.96. The molecule has 0 unspecified atom stereocenters. The van der Waals surface area contributed by atoms with Gasteiger partial charge >= 0.3 is 0 Å². The van der Waals surface area contributed by atoms with Crippen LogP contribution in [0.3, 0.4) is 0 Å². The van der Waals surface area contributed by atoms with Gasteiger partial charge in [0.2, 0.25) is 0 Å². The van der Waals surface area contributed by atoms with Crippen molar-refractivity contribution in [3.05, 3.63) is 88.1 Å². The lowest BCUT2D eigenvalue weighted by molar-refractivity contribution is 0.104. The Hall–Kier alpha value is -2.14. The Balaban J connectivity index is 1.72. The van der Waals surface area contributed by atoms with Crippen molar-refractivity contribution < 1.29 is 4.79 Å². The van der Waals surface area contributed by atoms with Gasteiger partial charge in [0.05, 0.1) is 0 Å². The van der Waals surface area contributed by atoms with Crippen molar-refractivity contribution >= 4 is 44.8 Å². The van der Waals surface area contributed by atoms with Crippen LogP contribution < -0.4 is 5.32 Å². The van der Waals surface area contributed by atoms with Gasteiger partial charge in [-0.05, 0) is 63.7 Å². The molecule has 3 heteroatoms. The van der Waals surface area contributed by atoms with E-state index in [2.05, 4.69) is 27.9 Å². The van der Waals surface area contributed by atoms with E-state index < -0.39 is 0 Å². The summed E-state index contributed by atoms with van der Waals surface area (Å²) in [5, 5.41) is 5.32. The van der Waals surface area contributed by atoms with E-state index in [-0.39, 0.29) is 5.78 Å². The summed E-state index contributed by atoms with van der Waals surface area (Å²) in [5.41, 5.74) is 1.65. The molecule has 1 N–H and O–H groups in total. The lowest BCUT2D eigenvalue weighted by atomic mass is 10.0. The number of carbonyl (C=O) groups excluding carboxylic acids is 1. The number of hydrogen-bond acceptors (Lipinski definition) is 2.